The molecule has 0 amide bonds. The summed E-state index contributed by atoms with van der Waals surface area (Å²) in [5.74, 6) is 0.494. The molecule has 0 fully saturated rings. The molecule has 3 heterocycles. The summed E-state index contributed by atoms with van der Waals surface area (Å²) in [4.78, 5) is 32.0. The molecule has 10 nitrogen and oxygen atoms in total. The Morgan fingerprint density at radius 3 is 2.68 bits per heavy atom. The Labute approximate surface area is 221 Å². The number of fused-ring (bicyclic) bond motifs is 1. The van der Waals surface area contributed by atoms with Crippen LogP contribution in [0.4, 0.5) is 10.2 Å². The molecule has 0 radical (unpaired) electrons. The molecule has 194 valence electrons. The highest BCUT2D eigenvalue weighted by molar-refractivity contribution is 7.98. The average molecular weight is 546 g/mol. The predicted molar refractivity (Wildman–Crippen MR) is 141 cm³/mol. The molecule has 1 atom stereocenters. The van der Waals surface area contributed by atoms with E-state index in [1.54, 1.807) is 25.8 Å². The Balaban J connectivity index is 1.39. The van der Waals surface area contributed by atoms with E-state index in [1.807, 2.05) is 31.2 Å². The summed E-state index contributed by atoms with van der Waals surface area (Å²) >= 11 is 7.10. The van der Waals surface area contributed by atoms with E-state index < -0.39 is 16.5 Å². The molecule has 3 aromatic heterocycles. The van der Waals surface area contributed by atoms with Gasteiger partial charge in [-0.15, -0.1) is 0 Å². The van der Waals surface area contributed by atoms with Crippen LogP contribution < -0.4 is 25.7 Å². The molecule has 0 unspecified atom stereocenters. The third-order valence-corrected chi connectivity index (χ3v) is 6.27. The standard InChI is InChI=1S/C24H25ClFN7O3S/c1-13(18-21(29-9-8-28-18)30-12-14-4-6-15(35-2)7-5-14)27-10-11-36-23-16-19(17(26)20(25)32-23)31-24(37-3)33-22(16)34/h4-9,13,27H,10-12H2,1-3H3,(H,29,30)(H,31,33,34)/t13-/m1/s1. The molecule has 0 aliphatic carbocycles. The summed E-state index contributed by atoms with van der Waals surface area (Å²) in [5.41, 5.74) is 1.06. The van der Waals surface area contributed by atoms with Crippen molar-refractivity contribution in [3.8, 4) is 11.6 Å². The fourth-order valence-electron chi connectivity index (χ4n) is 3.55. The van der Waals surface area contributed by atoms with Crippen molar-refractivity contribution in [2.75, 3.05) is 31.8 Å². The average Bonchev–Trinajstić information content (AvgIpc) is 2.92. The number of ether oxygens (including phenoxy) is 2. The number of H-pyrrole nitrogens is 1. The number of aromatic nitrogens is 5. The number of benzene rings is 1. The van der Waals surface area contributed by atoms with Crippen molar-refractivity contribution in [2.24, 2.45) is 0 Å². The second-order valence-electron chi connectivity index (χ2n) is 7.84. The van der Waals surface area contributed by atoms with Crippen molar-refractivity contribution < 1.29 is 13.9 Å². The molecule has 37 heavy (non-hydrogen) atoms. The number of thioether (sulfide) groups is 1. The molecule has 4 aromatic rings. The van der Waals surface area contributed by atoms with Crippen molar-refractivity contribution in [1.29, 1.82) is 0 Å². The van der Waals surface area contributed by atoms with Gasteiger partial charge in [0, 0.05) is 25.5 Å². The van der Waals surface area contributed by atoms with Gasteiger partial charge in [0.2, 0.25) is 5.88 Å². The first-order valence-corrected chi connectivity index (χ1v) is 12.9. The summed E-state index contributed by atoms with van der Waals surface area (Å²) in [7, 11) is 1.63. The maximum absolute atomic E-state index is 14.5. The SMILES string of the molecule is COc1ccc(CNc2nccnc2[C@@H](C)NCCOc2nc(Cl)c(F)c3nc(SC)[nH]c(=O)c23)cc1. The highest BCUT2D eigenvalue weighted by Gasteiger charge is 2.19. The minimum atomic E-state index is -0.866. The van der Waals surface area contributed by atoms with Crippen LogP contribution in [0.25, 0.3) is 10.9 Å². The predicted octanol–water partition coefficient (Wildman–Crippen LogP) is 3.97. The molecule has 0 saturated carbocycles. The first-order chi connectivity index (χ1) is 17.9. The number of rotatable bonds is 11. The second-order valence-corrected chi connectivity index (χ2v) is 8.99. The summed E-state index contributed by atoms with van der Waals surface area (Å²) in [6.45, 7) is 3.02. The highest BCUT2D eigenvalue weighted by Crippen LogP contribution is 2.27. The quantitative estimate of drug-likeness (QED) is 0.110. The zero-order valence-electron chi connectivity index (χ0n) is 20.3. The maximum atomic E-state index is 14.5. The van der Waals surface area contributed by atoms with Crippen LogP contribution in [0, 0.1) is 5.82 Å². The minimum absolute atomic E-state index is 0.0846. The fraction of sp³-hybridized carbons (Fsp3) is 0.292. The summed E-state index contributed by atoms with van der Waals surface area (Å²) < 4.78 is 25.4. The van der Waals surface area contributed by atoms with Crippen LogP contribution in [-0.2, 0) is 6.54 Å². The monoisotopic (exact) mass is 545 g/mol. The van der Waals surface area contributed by atoms with Crippen LogP contribution in [0.15, 0.2) is 46.6 Å². The van der Waals surface area contributed by atoms with Gasteiger partial charge in [-0.1, -0.05) is 35.5 Å². The summed E-state index contributed by atoms with van der Waals surface area (Å²) in [5, 5.41) is 6.38. The van der Waals surface area contributed by atoms with Gasteiger partial charge in [0.1, 0.15) is 29.1 Å². The summed E-state index contributed by atoms with van der Waals surface area (Å²) in [6.07, 6.45) is 4.96. The Morgan fingerprint density at radius 2 is 1.95 bits per heavy atom. The van der Waals surface area contributed by atoms with Crippen LogP contribution in [-0.4, -0.2) is 51.4 Å². The molecule has 1 aromatic carbocycles. The van der Waals surface area contributed by atoms with E-state index in [1.165, 1.54) is 11.8 Å². The van der Waals surface area contributed by atoms with Crippen molar-refractivity contribution in [1.82, 2.24) is 30.2 Å². The van der Waals surface area contributed by atoms with E-state index in [4.69, 9.17) is 21.1 Å². The molecule has 0 aliphatic rings. The van der Waals surface area contributed by atoms with Crippen molar-refractivity contribution in [3.63, 3.8) is 0 Å². The van der Waals surface area contributed by atoms with Gasteiger partial charge in [-0.25, -0.2) is 14.4 Å². The molecule has 13 heteroatoms. The molecule has 4 rings (SSSR count). The topological polar surface area (TPSA) is 127 Å². The van der Waals surface area contributed by atoms with Gasteiger partial charge < -0.3 is 25.1 Å². The smallest absolute Gasteiger partial charge is 0.265 e. The number of hydrogen-bond acceptors (Lipinski definition) is 10. The van der Waals surface area contributed by atoms with Crippen LogP contribution in [0.1, 0.15) is 24.2 Å². The largest absolute Gasteiger partial charge is 0.497 e. The molecule has 3 N–H and O–H groups in total. The number of aromatic amines is 1. The van der Waals surface area contributed by atoms with E-state index >= 15 is 0 Å². The highest BCUT2D eigenvalue weighted by atomic mass is 35.5. The maximum Gasteiger partial charge on any atom is 0.265 e. The molecule has 0 aliphatic heterocycles. The third-order valence-electron chi connectivity index (χ3n) is 5.44. The minimum Gasteiger partial charge on any atom is -0.497 e. The number of nitrogens with zero attached hydrogens (tertiary/aromatic N) is 4. The van der Waals surface area contributed by atoms with E-state index in [2.05, 4.69) is 35.6 Å². The summed E-state index contributed by atoms with van der Waals surface area (Å²) in [6, 6.07) is 7.57. The zero-order valence-corrected chi connectivity index (χ0v) is 21.9. The van der Waals surface area contributed by atoms with Crippen molar-refractivity contribution >= 4 is 40.1 Å². The van der Waals surface area contributed by atoms with Gasteiger partial charge in [-0.05, 0) is 30.9 Å². The van der Waals surface area contributed by atoms with E-state index in [-0.39, 0.29) is 34.6 Å². The fourth-order valence-corrected chi connectivity index (χ4v) is 4.10. The number of methoxy groups -OCH3 is 1. The van der Waals surface area contributed by atoms with Crippen molar-refractivity contribution in [3.05, 3.63) is 69.2 Å². The van der Waals surface area contributed by atoms with Gasteiger partial charge in [-0.2, -0.15) is 4.98 Å². The van der Waals surface area contributed by atoms with Crippen LogP contribution in [0.3, 0.4) is 0 Å². The van der Waals surface area contributed by atoms with Crippen LogP contribution in [0.2, 0.25) is 5.15 Å². The van der Waals surface area contributed by atoms with Crippen LogP contribution >= 0.6 is 23.4 Å². The number of nitrogens with one attached hydrogen (secondary N) is 3. The van der Waals surface area contributed by atoms with E-state index in [0.29, 0.717) is 18.9 Å². The molecule has 0 saturated heterocycles. The van der Waals surface area contributed by atoms with E-state index in [0.717, 1.165) is 17.0 Å². The molecular weight excluding hydrogens is 521 g/mol. The number of hydrogen-bond donors (Lipinski definition) is 3. The lowest BCUT2D eigenvalue weighted by molar-refractivity contribution is 0.299. The number of anilines is 1. The molecule has 0 spiro atoms. The normalized spacial score (nSPS) is 11.9. The Morgan fingerprint density at radius 1 is 1.19 bits per heavy atom. The first kappa shape index (κ1) is 26.6. The Bertz CT molecular complexity index is 1440. The van der Waals surface area contributed by atoms with Gasteiger partial charge >= 0.3 is 0 Å². The van der Waals surface area contributed by atoms with E-state index in [9.17, 15) is 9.18 Å². The van der Waals surface area contributed by atoms with Gasteiger partial charge in [-0.3, -0.25) is 9.78 Å². The third kappa shape index (κ3) is 6.27. The van der Waals surface area contributed by atoms with Gasteiger partial charge in [0.05, 0.1) is 18.8 Å². The molecular formula is C24H25ClFN7O3S. The Hall–Kier alpha value is -3.48. The van der Waals surface area contributed by atoms with Crippen LogP contribution in [0.5, 0.6) is 11.6 Å². The second kappa shape index (κ2) is 12.2. The first-order valence-electron chi connectivity index (χ1n) is 11.3. The van der Waals surface area contributed by atoms with Gasteiger partial charge in [0.25, 0.3) is 5.56 Å². The number of pyridine rings is 1. The number of halogens is 2. The molecule has 0 bridgehead atoms. The van der Waals surface area contributed by atoms with Crippen molar-refractivity contribution in [2.45, 2.75) is 24.7 Å². The van der Waals surface area contributed by atoms with Gasteiger partial charge in [0.15, 0.2) is 16.1 Å². The lowest BCUT2D eigenvalue weighted by Crippen LogP contribution is -2.26. The zero-order chi connectivity index (χ0) is 26.4. The lowest BCUT2D eigenvalue weighted by Gasteiger charge is -2.17. The Kier molecular flexibility index (Phi) is 8.74. The lowest BCUT2D eigenvalue weighted by atomic mass is 10.2.